The molecule has 33 heavy (non-hydrogen) atoms. The number of ether oxygens (including phenoxy) is 1. The number of sulfonamides is 1. The van der Waals surface area contributed by atoms with E-state index < -0.39 is 16.1 Å². The topological polar surface area (TPSA) is 88.6 Å². The third-order valence-corrected chi connectivity index (χ3v) is 8.22. The van der Waals surface area contributed by atoms with E-state index in [1.165, 1.54) is 0 Å². The smallest absolute Gasteiger partial charge is 0.240 e. The van der Waals surface area contributed by atoms with Gasteiger partial charge in [0.15, 0.2) is 0 Å². The van der Waals surface area contributed by atoms with Gasteiger partial charge in [-0.3, -0.25) is 9.78 Å². The molecule has 2 aromatic rings. The average molecular weight is 472 g/mol. The molecule has 1 saturated heterocycles. The predicted octanol–water partition coefficient (Wildman–Crippen LogP) is 3.41. The number of nitrogens with zero attached hydrogens (tertiary/aromatic N) is 2. The predicted molar refractivity (Wildman–Crippen MR) is 126 cm³/mol. The molecule has 2 aliphatic rings. The number of likely N-dealkylation sites (tertiary alicyclic amines) is 1. The number of piperidine rings is 1. The summed E-state index contributed by atoms with van der Waals surface area (Å²) in [6.07, 6.45) is 8.52. The molecule has 4 rings (SSSR count). The molecule has 1 aliphatic carbocycles. The van der Waals surface area contributed by atoms with E-state index in [2.05, 4.69) is 9.71 Å². The second-order valence-corrected chi connectivity index (χ2v) is 10.8. The van der Waals surface area contributed by atoms with Gasteiger partial charge in [0.1, 0.15) is 5.75 Å². The Kier molecular flexibility index (Phi) is 7.65. The Bertz CT molecular complexity index is 1020. The van der Waals surface area contributed by atoms with Crippen molar-refractivity contribution in [3.63, 3.8) is 0 Å². The van der Waals surface area contributed by atoms with Crippen molar-refractivity contribution >= 4 is 15.9 Å². The standard InChI is InChI=1S/C25H33N3O4S/c1-2-19-8-10-22(11-9-19)33(30,31)27-24-16-20(18-32-21-7-6-12-26-17-21)15-23(24)25(29)28-13-4-3-5-14-28/h6-12,17,20,23-24,27H,2-5,13-16,18H2,1H3/t20-,23-,24-/m1/s1. The Morgan fingerprint density at radius 3 is 2.55 bits per heavy atom. The second-order valence-electron chi connectivity index (χ2n) is 9.05. The van der Waals surface area contributed by atoms with Gasteiger partial charge in [0.25, 0.3) is 0 Å². The first-order valence-corrected chi connectivity index (χ1v) is 13.4. The number of carbonyl (C=O) groups is 1. The molecule has 1 N–H and O–H groups in total. The van der Waals surface area contributed by atoms with E-state index >= 15 is 0 Å². The molecular weight excluding hydrogens is 438 g/mol. The number of benzene rings is 1. The first-order chi connectivity index (χ1) is 16.0. The summed E-state index contributed by atoms with van der Waals surface area (Å²) in [5.74, 6) is 0.443. The lowest BCUT2D eigenvalue weighted by atomic mass is 10.00. The maximum Gasteiger partial charge on any atom is 0.240 e. The van der Waals surface area contributed by atoms with Gasteiger partial charge in [-0.05, 0) is 74.3 Å². The normalized spacial score (nSPS) is 23.4. The van der Waals surface area contributed by atoms with Crippen LogP contribution in [0.2, 0.25) is 0 Å². The van der Waals surface area contributed by atoms with Crippen LogP contribution in [0.15, 0.2) is 53.7 Å². The highest BCUT2D eigenvalue weighted by Crippen LogP contribution is 2.35. The molecule has 3 atom stereocenters. The van der Waals surface area contributed by atoms with Crippen LogP contribution < -0.4 is 9.46 Å². The Morgan fingerprint density at radius 1 is 1.12 bits per heavy atom. The van der Waals surface area contributed by atoms with E-state index in [4.69, 9.17) is 4.74 Å². The van der Waals surface area contributed by atoms with Crippen LogP contribution in [0.25, 0.3) is 0 Å². The fraction of sp³-hybridized carbons (Fsp3) is 0.520. The van der Waals surface area contributed by atoms with E-state index in [-0.39, 0.29) is 22.6 Å². The van der Waals surface area contributed by atoms with E-state index in [1.54, 1.807) is 24.5 Å². The molecule has 0 unspecified atom stereocenters. The quantitative estimate of drug-likeness (QED) is 0.637. The molecule has 1 aromatic carbocycles. The number of aromatic nitrogens is 1. The van der Waals surface area contributed by atoms with Gasteiger partial charge >= 0.3 is 0 Å². The number of hydrogen-bond donors (Lipinski definition) is 1. The lowest BCUT2D eigenvalue weighted by Crippen LogP contribution is -2.46. The molecule has 1 amide bonds. The van der Waals surface area contributed by atoms with Gasteiger partial charge in [-0.25, -0.2) is 13.1 Å². The highest BCUT2D eigenvalue weighted by atomic mass is 32.2. The van der Waals surface area contributed by atoms with Gasteiger partial charge in [0.05, 0.1) is 23.6 Å². The summed E-state index contributed by atoms with van der Waals surface area (Å²) in [5.41, 5.74) is 1.08. The van der Waals surface area contributed by atoms with Crippen LogP contribution >= 0.6 is 0 Å². The van der Waals surface area contributed by atoms with Crippen LogP contribution in [0.3, 0.4) is 0 Å². The zero-order valence-electron chi connectivity index (χ0n) is 19.2. The fourth-order valence-electron chi connectivity index (χ4n) is 4.85. The Morgan fingerprint density at radius 2 is 1.88 bits per heavy atom. The van der Waals surface area contributed by atoms with Gasteiger partial charge in [0.2, 0.25) is 15.9 Å². The van der Waals surface area contributed by atoms with Crippen molar-refractivity contribution in [1.82, 2.24) is 14.6 Å². The Labute approximate surface area is 196 Å². The second kappa shape index (κ2) is 10.7. The zero-order chi connectivity index (χ0) is 23.3. The van der Waals surface area contributed by atoms with Crippen molar-refractivity contribution in [3.8, 4) is 5.75 Å². The number of hydrogen-bond acceptors (Lipinski definition) is 5. The number of rotatable bonds is 8. The third kappa shape index (κ3) is 5.92. The Balaban J connectivity index is 1.49. The summed E-state index contributed by atoms with van der Waals surface area (Å²) < 4.78 is 35.0. The van der Waals surface area contributed by atoms with Crippen molar-refractivity contribution in [2.75, 3.05) is 19.7 Å². The third-order valence-electron chi connectivity index (χ3n) is 6.71. The fourth-order valence-corrected chi connectivity index (χ4v) is 6.14. The summed E-state index contributed by atoms with van der Waals surface area (Å²) in [7, 11) is -3.73. The van der Waals surface area contributed by atoms with E-state index in [0.29, 0.717) is 25.2 Å². The molecule has 1 aliphatic heterocycles. The first-order valence-electron chi connectivity index (χ1n) is 11.9. The van der Waals surface area contributed by atoms with Gasteiger partial charge in [-0.1, -0.05) is 19.1 Å². The zero-order valence-corrected chi connectivity index (χ0v) is 20.0. The highest BCUT2D eigenvalue weighted by molar-refractivity contribution is 7.89. The molecule has 0 bridgehead atoms. The average Bonchev–Trinajstić information content (AvgIpc) is 3.25. The highest BCUT2D eigenvalue weighted by Gasteiger charge is 2.42. The van der Waals surface area contributed by atoms with Crippen molar-refractivity contribution in [2.45, 2.75) is 56.4 Å². The van der Waals surface area contributed by atoms with Crippen molar-refractivity contribution in [3.05, 3.63) is 54.4 Å². The number of amides is 1. The largest absolute Gasteiger partial charge is 0.492 e. The SMILES string of the molecule is CCc1ccc(S(=O)(=O)N[C@@H]2C[C@H](COc3cccnc3)C[C@H]2C(=O)N2CCCCC2)cc1. The van der Waals surface area contributed by atoms with Crippen LogP contribution in [0.4, 0.5) is 0 Å². The van der Waals surface area contributed by atoms with Crippen molar-refractivity contribution in [2.24, 2.45) is 11.8 Å². The van der Waals surface area contributed by atoms with Crippen LogP contribution in [0.5, 0.6) is 5.75 Å². The van der Waals surface area contributed by atoms with Crippen LogP contribution in [-0.4, -0.2) is 49.9 Å². The van der Waals surface area contributed by atoms with E-state index in [1.807, 2.05) is 36.1 Å². The minimum absolute atomic E-state index is 0.0626. The summed E-state index contributed by atoms with van der Waals surface area (Å²) in [4.78, 5) is 19.6. The first kappa shape index (κ1) is 23.7. The molecule has 0 spiro atoms. The minimum Gasteiger partial charge on any atom is -0.492 e. The van der Waals surface area contributed by atoms with Gasteiger partial charge < -0.3 is 9.64 Å². The molecule has 1 saturated carbocycles. The molecular formula is C25H33N3O4S. The lowest BCUT2D eigenvalue weighted by molar-refractivity contribution is -0.136. The van der Waals surface area contributed by atoms with Gasteiger partial charge in [0, 0.05) is 25.3 Å². The molecule has 7 nitrogen and oxygen atoms in total. The van der Waals surface area contributed by atoms with Crippen LogP contribution in [0.1, 0.15) is 44.6 Å². The summed E-state index contributed by atoms with van der Waals surface area (Å²) in [5, 5.41) is 0. The van der Waals surface area contributed by atoms with Gasteiger partial charge in [-0.15, -0.1) is 0 Å². The number of pyridine rings is 1. The monoisotopic (exact) mass is 471 g/mol. The minimum atomic E-state index is -3.73. The molecule has 8 heteroatoms. The Hall–Kier alpha value is -2.45. The molecule has 2 fully saturated rings. The molecule has 178 valence electrons. The number of carbonyl (C=O) groups excluding carboxylic acids is 1. The molecule has 1 aromatic heterocycles. The van der Waals surface area contributed by atoms with E-state index in [0.717, 1.165) is 44.3 Å². The van der Waals surface area contributed by atoms with E-state index in [9.17, 15) is 13.2 Å². The maximum atomic E-state index is 13.4. The van der Waals surface area contributed by atoms with Crippen molar-refractivity contribution in [1.29, 1.82) is 0 Å². The van der Waals surface area contributed by atoms with Crippen molar-refractivity contribution < 1.29 is 17.9 Å². The summed E-state index contributed by atoms with van der Waals surface area (Å²) >= 11 is 0. The number of nitrogens with one attached hydrogen (secondary N) is 1. The molecule has 2 heterocycles. The van der Waals surface area contributed by atoms with Gasteiger partial charge in [-0.2, -0.15) is 0 Å². The lowest BCUT2D eigenvalue weighted by Gasteiger charge is -2.31. The summed E-state index contributed by atoms with van der Waals surface area (Å²) in [6, 6.07) is 10.2. The molecule has 0 radical (unpaired) electrons. The number of aryl methyl sites for hydroxylation is 1. The van der Waals surface area contributed by atoms with Crippen LogP contribution in [-0.2, 0) is 21.2 Å². The maximum absolute atomic E-state index is 13.4. The van der Waals surface area contributed by atoms with Crippen LogP contribution in [0, 0.1) is 11.8 Å². The summed E-state index contributed by atoms with van der Waals surface area (Å²) in [6.45, 7) is 3.97.